The smallest absolute Gasteiger partial charge is 0.226 e. The lowest BCUT2D eigenvalue weighted by atomic mass is 10.2. The highest BCUT2D eigenvalue weighted by Crippen LogP contribution is 2.32. The standard InChI is InChI=1S/C11H14ClN5OS/c1-2-9-13-11(15-18-9)8-4-3-5-17(8)6-7-10(12)19-16-14-7/h8H,2-6H2,1H3/t8-/m1/s1. The fourth-order valence-corrected chi connectivity index (χ4v) is 2.95. The van der Waals surface area contributed by atoms with Crippen LogP contribution in [0.1, 0.15) is 43.2 Å². The van der Waals surface area contributed by atoms with E-state index in [9.17, 15) is 0 Å². The first-order chi connectivity index (χ1) is 9.28. The average Bonchev–Trinajstić information content (AvgIpc) is 3.11. The maximum absolute atomic E-state index is 6.06. The summed E-state index contributed by atoms with van der Waals surface area (Å²) in [4.78, 5) is 6.71. The van der Waals surface area contributed by atoms with E-state index in [0.717, 1.165) is 37.3 Å². The van der Waals surface area contributed by atoms with Gasteiger partial charge >= 0.3 is 0 Å². The fraction of sp³-hybridized carbons (Fsp3) is 0.636. The average molecular weight is 300 g/mol. The molecule has 0 unspecified atom stereocenters. The van der Waals surface area contributed by atoms with Crippen LogP contribution in [0.2, 0.25) is 4.34 Å². The molecule has 19 heavy (non-hydrogen) atoms. The Labute approximate surface area is 119 Å². The van der Waals surface area contributed by atoms with Gasteiger partial charge in [0.05, 0.1) is 6.04 Å². The molecule has 1 saturated heterocycles. The van der Waals surface area contributed by atoms with Crippen LogP contribution >= 0.6 is 23.1 Å². The van der Waals surface area contributed by atoms with Gasteiger partial charge in [0, 0.05) is 24.5 Å². The van der Waals surface area contributed by atoms with Gasteiger partial charge < -0.3 is 4.52 Å². The van der Waals surface area contributed by atoms with Crippen molar-refractivity contribution in [3.05, 3.63) is 21.7 Å². The summed E-state index contributed by atoms with van der Waals surface area (Å²) < 4.78 is 9.72. The Kier molecular flexibility index (Phi) is 3.76. The highest BCUT2D eigenvalue weighted by Gasteiger charge is 2.30. The maximum Gasteiger partial charge on any atom is 0.226 e. The number of nitrogens with zero attached hydrogens (tertiary/aromatic N) is 5. The molecule has 1 aliphatic heterocycles. The van der Waals surface area contributed by atoms with Crippen molar-refractivity contribution in [1.82, 2.24) is 24.6 Å². The van der Waals surface area contributed by atoms with E-state index in [1.54, 1.807) is 0 Å². The zero-order chi connectivity index (χ0) is 13.2. The third-order valence-electron chi connectivity index (χ3n) is 3.31. The van der Waals surface area contributed by atoms with Crippen molar-refractivity contribution in [3.8, 4) is 0 Å². The third kappa shape index (κ3) is 2.63. The quantitative estimate of drug-likeness (QED) is 0.864. The highest BCUT2D eigenvalue weighted by atomic mass is 35.5. The molecule has 1 atom stereocenters. The number of halogens is 1. The largest absolute Gasteiger partial charge is 0.339 e. The molecule has 1 aliphatic rings. The first-order valence-electron chi connectivity index (χ1n) is 6.31. The van der Waals surface area contributed by atoms with Gasteiger partial charge in [-0.25, -0.2) is 0 Å². The van der Waals surface area contributed by atoms with Crippen molar-refractivity contribution in [2.24, 2.45) is 0 Å². The number of likely N-dealkylation sites (tertiary alicyclic amines) is 1. The molecule has 0 radical (unpaired) electrons. The van der Waals surface area contributed by atoms with Gasteiger partial charge in [0.1, 0.15) is 10.0 Å². The van der Waals surface area contributed by atoms with Crippen LogP contribution in [0.15, 0.2) is 4.52 Å². The molecule has 102 valence electrons. The number of aryl methyl sites for hydroxylation is 1. The van der Waals surface area contributed by atoms with Gasteiger partial charge in [-0.15, -0.1) is 5.10 Å². The molecule has 3 rings (SSSR count). The second kappa shape index (κ2) is 5.52. The zero-order valence-electron chi connectivity index (χ0n) is 10.5. The number of aromatic nitrogens is 4. The lowest BCUT2D eigenvalue weighted by molar-refractivity contribution is 0.231. The van der Waals surface area contributed by atoms with Crippen LogP contribution in [0.4, 0.5) is 0 Å². The Hall–Kier alpha value is -1.05. The molecular weight excluding hydrogens is 286 g/mol. The summed E-state index contributed by atoms with van der Waals surface area (Å²) in [5.41, 5.74) is 0.831. The van der Waals surface area contributed by atoms with Crippen molar-refractivity contribution in [3.63, 3.8) is 0 Å². The molecule has 2 aromatic heterocycles. The van der Waals surface area contributed by atoms with Crippen LogP contribution in [0, 0.1) is 0 Å². The highest BCUT2D eigenvalue weighted by molar-refractivity contribution is 7.10. The lowest BCUT2D eigenvalue weighted by Gasteiger charge is -2.20. The van der Waals surface area contributed by atoms with E-state index in [-0.39, 0.29) is 6.04 Å². The van der Waals surface area contributed by atoms with Gasteiger partial charge in [0.25, 0.3) is 0 Å². The van der Waals surface area contributed by atoms with E-state index in [4.69, 9.17) is 16.1 Å². The Bertz CT molecular complexity index is 557. The Morgan fingerprint density at radius 2 is 2.42 bits per heavy atom. The molecule has 0 aliphatic carbocycles. The summed E-state index contributed by atoms with van der Waals surface area (Å²) in [6.45, 7) is 3.69. The monoisotopic (exact) mass is 299 g/mol. The lowest BCUT2D eigenvalue weighted by Crippen LogP contribution is -2.24. The second-order valence-electron chi connectivity index (χ2n) is 4.52. The van der Waals surface area contributed by atoms with Crippen molar-refractivity contribution in [2.75, 3.05) is 6.54 Å². The van der Waals surface area contributed by atoms with E-state index >= 15 is 0 Å². The van der Waals surface area contributed by atoms with Crippen LogP contribution < -0.4 is 0 Å². The van der Waals surface area contributed by atoms with Gasteiger partial charge in [0.2, 0.25) is 5.89 Å². The Morgan fingerprint density at radius 3 is 3.11 bits per heavy atom. The molecule has 0 N–H and O–H groups in total. The molecule has 8 heteroatoms. The SMILES string of the molecule is CCc1nc([C@H]2CCCN2Cc2nnsc2Cl)no1. The van der Waals surface area contributed by atoms with Crippen LogP contribution in [-0.4, -0.2) is 31.2 Å². The predicted octanol–water partition coefficient (Wildman–Crippen LogP) is 2.47. The van der Waals surface area contributed by atoms with Gasteiger partial charge in [-0.3, -0.25) is 4.90 Å². The summed E-state index contributed by atoms with van der Waals surface area (Å²) in [6, 6.07) is 0.196. The van der Waals surface area contributed by atoms with Gasteiger partial charge in [0.15, 0.2) is 5.82 Å². The normalized spacial score (nSPS) is 20.2. The Morgan fingerprint density at radius 1 is 1.53 bits per heavy atom. The van der Waals surface area contributed by atoms with E-state index in [2.05, 4.69) is 24.6 Å². The molecule has 1 fully saturated rings. The molecule has 0 spiro atoms. The summed E-state index contributed by atoms with van der Waals surface area (Å²) >= 11 is 7.28. The van der Waals surface area contributed by atoms with E-state index in [1.807, 2.05) is 6.92 Å². The number of hydrogen-bond acceptors (Lipinski definition) is 7. The van der Waals surface area contributed by atoms with Crippen molar-refractivity contribution in [2.45, 2.75) is 38.8 Å². The topological polar surface area (TPSA) is 67.9 Å². The summed E-state index contributed by atoms with van der Waals surface area (Å²) in [5, 5.41) is 8.14. The number of rotatable bonds is 4. The maximum atomic E-state index is 6.06. The molecule has 6 nitrogen and oxygen atoms in total. The van der Waals surface area contributed by atoms with E-state index in [1.165, 1.54) is 11.5 Å². The van der Waals surface area contributed by atoms with Crippen molar-refractivity contribution < 1.29 is 4.52 Å². The summed E-state index contributed by atoms with van der Waals surface area (Å²) in [7, 11) is 0. The minimum atomic E-state index is 0.196. The Balaban J connectivity index is 1.76. The molecular formula is C11H14ClN5OS. The second-order valence-corrected chi connectivity index (χ2v) is 5.88. The minimum Gasteiger partial charge on any atom is -0.339 e. The molecule has 2 aromatic rings. The van der Waals surface area contributed by atoms with Gasteiger partial charge in [-0.05, 0) is 19.4 Å². The van der Waals surface area contributed by atoms with E-state index in [0.29, 0.717) is 16.8 Å². The zero-order valence-corrected chi connectivity index (χ0v) is 12.1. The first kappa shape index (κ1) is 13.0. The van der Waals surface area contributed by atoms with Crippen molar-refractivity contribution in [1.29, 1.82) is 0 Å². The number of hydrogen-bond donors (Lipinski definition) is 0. The molecule has 3 heterocycles. The van der Waals surface area contributed by atoms with E-state index < -0.39 is 0 Å². The van der Waals surface area contributed by atoms with Crippen molar-refractivity contribution >= 4 is 23.1 Å². The minimum absolute atomic E-state index is 0.196. The van der Waals surface area contributed by atoms with Crippen LogP contribution in [0.3, 0.4) is 0 Å². The predicted molar refractivity (Wildman–Crippen MR) is 71.0 cm³/mol. The van der Waals surface area contributed by atoms with Crippen LogP contribution in [0.25, 0.3) is 0 Å². The fourth-order valence-electron chi connectivity index (χ4n) is 2.34. The third-order valence-corrected chi connectivity index (χ3v) is 4.29. The molecule has 0 aromatic carbocycles. The molecule has 0 amide bonds. The summed E-state index contributed by atoms with van der Waals surface area (Å²) in [6.07, 6.45) is 2.93. The summed E-state index contributed by atoms with van der Waals surface area (Å²) in [5.74, 6) is 1.46. The molecule has 0 saturated carbocycles. The van der Waals surface area contributed by atoms with Gasteiger partial charge in [-0.2, -0.15) is 4.98 Å². The first-order valence-corrected chi connectivity index (χ1v) is 7.46. The van der Waals surface area contributed by atoms with Crippen LogP contribution in [-0.2, 0) is 13.0 Å². The van der Waals surface area contributed by atoms with Gasteiger partial charge in [-0.1, -0.05) is 28.2 Å². The van der Waals surface area contributed by atoms with Crippen LogP contribution in [0.5, 0.6) is 0 Å². The molecule has 0 bridgehead atoms.